The van der Waals surface area contributed by atoms with Crippen molar-refractivity contribution in [1.82, 2.24) is 19.9 Å². The summed E-state index contributed by atoms with van der Waals surface area (Å²) in [6.07, 6.45) is 1.87. The highest BCUT2D eigenvalue weighted by Gasteiger charge is 2.24. The highest BCUT2D eigenvalue weighted by Crippen LogP contribution is 2.35. The van der Waals surface area contributed by atoms with Gasteiger partial charge in [0.15, 0.2) is 0 Å². The fourth-order valence-electron chi connectivity index (χ4n) is 3.38. The number of methoxy groups -OCH3 is 1. The Labute approximate surface area is 195 Å². The summed E-state index contributed by atoms with van der Waals surface area (Å²) in [6.45, 7) is 3.91. The van der Waals surface area contributed by atoms with Gasteiger partial charge in [-0.05, 0) is 56.0 Å². The van der Waals surface area contributed by atoms with E-state index < -0.39 is 0 Å². The van der Waals surface area contributed by atoms with E-state index in [2.05, 4.69) is 20.6 Å². The Balaban J connectivity index is 1.57. The van der Waals surface area contributed by atoms with Crippen LogP contribution in [0.4, 0.5) is 11.5 Å². The van der Waals surface area contributed by atoms with Gasteiger partial charge < -0.3 is 20.3 Å². The largest absolute Gasteiger partial charge is 0.497 e. The van der Waals surface area contributed by atoms with Gasteiger partial charge in [0.25, 0.3) is 5.89 Å². The van der Waals surface area contributed by atoms with Crippen LogP contribution in [-0.4, -0.2) is 39.2 Å². The van der Waals surface area contributed by atoms with Crippen LogP contribution in [0.5, 0.6) is 5.75 Å². The number of hydrogen-bond donors (Lipinski definition) is 2. The van der Waals surface area contributed by atoms with E-state index in [1.165, 1.54) is 16.4 Å². The lowest BCUT2D eigenvalue weighted by molar-refractivity contribution is -0.116. The molecular weight excluding hydrogens is 440 g/mol. The maximum atomic E-state index is 12.7. The van der Waals surface area contributed by atoms with Gasteiger partial charge in [-0.15, -0.1) is 11.8 Å². The minimum atomic E-state index is -0.236. The molecule has 0 atom stereocenters. The number of nitrogens with one attached hydrogen (secondary N) is 1. The van der Waals surface area contributed by atoms with E-state index in [-0.39, 0.29) is 24.2 Å². The van der Waals surface area contributed by atoms with Gasteiger partial charge in [0.05, 0.1) is 7.11 Å². The summed E-state index contributed by atoms with van der Waals surface area (Å²) in [5.41, 5.74) is 10.5. The van der Waals surface area contributed by atoms with Gasteiger partial charge in [0.1, 0.15) is 28.7 Å². The number of carbonyl (C=O) groups is 1. The van der Waals surface area contributed by atoms with Crippen molar-refractivity contribution in [2.75, 3.05) is 24.4 Å². The molecule has 2 aromatic carbocycles. The number of thioether (sulfide) groups is 1. The molecule has 0 spiro atoms. The molecule has 0 aliphatic heterocycles. The number of ether oxygens (including phenoxy) is 1. The lowest BCUT2D eigenvalue weighted by Gasteiger charge is -2.10. The lowest BCUT2D eigenvalue weighted by atomic mass is 10.1. The molecule has 2 heterocycles. The zero-order valence-corrected chi connectivity index (χ0v) is 19.6. The third-order valence-electron chi connectivity index (χ3n) is 5.09. The number of nitrogens with zero attached hydrogens (tertiary/aromatic N) is 4. The fraction of sp³-hybridized carbons (Fsp3) is 0.217. The molecule has 0 aliphatic carbocycles. The van der Waals surface area contributed by atoms with Crippen LogP contribution in [0, 0.1) is 13.8 Å². The second-order valence-corrected chi connectivity index (χ2v) is 8.24. The number of amides is 1. The molecule has 4 rings (SSSR count). The molecule has 0 aliphatic rings. The van der Waals surface area contributed by atoms with Crippen LogP contribution < -0.4 is 15.8 Å². The molecule has 33 heavy (non-hydrogen) atoms. The maximum absolute atomic E-state index is 12.7. The normalized spacial score (nSPS) is 10.9. The summed E-state index contributed by atoms with van der Waals surface area (Å²) < 4.78 is 12.1. The second kappa shape index (κ2) is 9.37. The van der Waals surface area contributed by atoms with Gasteiger partial charge in [0.2, 0.25) is 11.7 Å². The summed E-state index contributed by atoms with van der Waals surface area (Å²) in [5, 5.41) is 12.1. The van der Waals surface area contributed by atoms with Crippen molar-refractivity contribution < 1.29 is 14.1 Å². The van der Waals surface area contributed by atoms with Crippen LogP contribution in [0.2, 0.25) is 0 Å². The van der Waals surface area contributed by atoms with E-state index in [1.54, 1.807) is 7.11 Å². The number of benzene rings is 2. The first-order valence-corrected chi connectivity index (χ1v) is 11.4. The Hall–Kier alpha value is -3.79. The smallest absolute Gasteiger partial charge is 0.264 e. The summed E-state index contributed by atoms with van der Waals surface area (Å²) in [4.78, 5) is 17.2. The number of nitrogen functional groups attached to an aromatic ring is 1. The standard InChI is InChI=1S/C23H24N6O3S/c1-13-5-10-17(14(2)11-13)25-18(30)12-29-20(24)19(23(27-29)33-4)22-26-21(28-32-22)15-6-8-16(31-3)9-7-15/h5-11H,12,24H2,1-4H3,(H,25,30). The van der Waals surface area contributed by atoms with Gasteiger partial charge in [-0.1, -0.05) is 22.9 Å². The van der Waals surface area contributed by atoms with Crippen molar-refractivity contribution >= 4 is 29.2 Å². The third kappa shape index (κ3) is 4.70. The van der Waals surface area contributed by atoms with Crippen LogP contribution in [-0.2, 0) is 11.3 Å². The Kier molecular flexibility index (Phi) is 6.36. The molecule has 9 nitrogen and oxygen atoms in total. The van der Waals surface area contributed by atoms with Crippen molar-refractivity contribution in [1.29, 1.82) is 0 Å². The molecule has 170 valence electrons. The number of anilines is 2. The first kappa shape index (κ1) is 22.4. The van der Waals surface area contributed by atoms with Gasteiger partial charge in [-0.2, -0.15) is 10.1 Å². The minimum Gasteiger partial charge on any atom is -0.497 e. The molecule has 1 amide bonds. The van der Waals surface area contributed by atoms with Gasteiger partial charge in [-0.25, -0.2) is 4.68 Å². The molecule has 0 saturated heterocycles. The Bertz CT molecular complexity index is 1300. The zero-order chi connectivity index (χ0) is 23.5. The molecule has 0 fully saturated rings. The quantitative estimate of drug-likeness (QED) is 0.391. The van der Waals surface area contributed by atoms with Crippen molar-refractivity contribution in [3.8, 4) is 28.6 Å². The maximum Gasteiger partial charge on any atom is 0.264 e. The third-order valence-corrected chi connectivity index (χ3v) is 5.76. The zero-order valence-electron chi connectivity index (χ0n) is 18.7. The van der Waals surface area contributed by atoms with Crippen LogP contribution in [0.25, 0.3) is 22.8 Å². The van der Waals surface area contributed by atoms with Crippen LogP contribution >= 0.6 is 11.8 Å². The van der Waals surface area contributed by atoms with Gasteiger partial charge >= 0.3 is 0 Å². The number of rotatable bonds is 7. The van der Waals surface area contributed by atoms with Crippen molar-refractivity contribution in [3.05, 3.63) is 53.6 Å². The molecule has 0 bridgehead atoms. The van der Waals surface area contributed by atoms with Crippen molar-refractivity contribution in [2.45, 2.75) is 25.4 Å². The average Bonchev–Trinajstić information content (AvgIpc) is 3.40. The highest BCUT2D eigenvalue weighted by atomic mass is 32.2. The molecule has 3 N–H and O–H groups in total. The minimum absolute atomic E-state index is 0.0494. The number of carbonyl (C=O) groups excluding carboxylic acids is 1. The molecule has 10 heteroatoms. The SMILES string of the molecule is COc1ccc(-c2noc(-c3c(SC)nn(CC(=O)Nc4ccc(C)cc4C)c3N)n2)cc1. The van der Waals surface area contributed by atoms with E-state index in [0.29, 0.717) is 16.4 Å². The van der Waals surface area contributed by atoms with E-state index >= 15 is 0 Å². The predicted octanol–water partition coefficient (Wildman–Crippen LogP) is 4.17. The fourth-order valence-corrected chi connectivity index (χ4v) is 3.95. The van der Waals surface area contributed by atoms with Crippen molar-refractivity contribution in [3.63, 3.8) is 0 Å². The molecule has 0 radical (unpaired) electrons. The lowest BCUT2D eigenvalue weighted by Crippen LogP contribution is -2.21. The van der Waals surface area contributed by atoms with Crippen molar-refractivity contribution in [2.24, 2.45) is 0 Å². The number of aromatic nitrogens is 4. The van der Waals surface area contributed by atoms with E-state index in [4.69, 9.17) is 15.0 Å². The monoisotopic (exact) mass is 464 g/mol. The Morgan fingerprint density at radius 1 is 1.21 bits per heavy atom. The molecule has 4 aromatic rings. The summed E-state index contributed by atoms with van der Waals surface area (Å²) in [7, 11) is 1.61. The topological polar surface area (TPSA) is 121 Å². The first-order chi connectivity index (χ1) is 15.9. The van der Waals surface area contributed by atoms with E-state index in [9.17, 15) is 4.79 Å². The molecule has 2 aromatic heterocycles. The number of nitrogens with two attached hydrogens (primary N) is 1. The van der Waals surface area contributed by atoms with Crippen LogP contribution in [0.15, 0.2) is 52.0 Å². The molecule has 0 unspecified atom stereocenters. The second-order valence-electron chi connectivity index (χ2n) is 7.45. The van der Waals surface area contributed by atoms with Gasteiger partial charge in [-0.3, -0.25) is 4.79 Å². The summed E-state index contributed by atoms with van der Waals surface area (Å²) in [5.74, 6) is 1.43. The Morgan fingerprint density at radius 2 is 1.97 bits per heavy atom. The highest BCUT2D eigenvalue weighted by molar-refractivity contribution is 7.98. The van der Waals surface area contributed by atoms with Gasteiger partial charge in [0, 0.05) is 11.3 Å². The first-order valence-electron chi connectivity index (χ1n) is 10.2. The number of aryl methyl sites for hydroxylation is 2. The summed E-state index contributed by atoms with van der Waals surface area (Å²) in [6, 6.07) is 13.2. The van der Waals surface area contributed by atoms with E-state index in [1.807, 2.05) is 62.6 Å². The summed E-state index contributed by atoms with van der Waals surface area (Å²) >= 11 is 1.38. The van der Waals surface area contributed by atoms with Crippen LogP contribution in [0.1, 0.15) is 11.1 Å². The number of hydrogen-bond acceptors (Lipinski definition) is 8. The Morgan fingerprint density at radius 3 is 2.64 bits per heavy atom. The average molecular weight is 465 g/mol. The van der Waals surface area contributed by atoms with Crippen LogP contribution in [0.3, 0.4) is 0 Å². The van der Waals surface area contributed by atoms with E-state index in [0.717, 1.165) is 28.1 Å². The predicted molar refractivity (Wildman–Crippen MR) is 128 cm³/mol. The molecule has 0 saturated carbocycles. The molecular formula is C23H24N6O3S.